The van der Waals surface area contributed by atoms with Crippen LogP contribution in [0.5, 0.6) is 0 Å². The highest BCUT2D eigenvalue weighted by molar-refractivity contribution is 6.30. The highest BCUT2D eigenvalue weighted by Crippen LogP contribution is 2.76. The first kappa shape index (κ1) is 48.8. The molecule has 0 radical (unpaired) electrons. The first-order chi connectivity index (χ1) is 31.0. The van der Waals surface area contributed by atoms with E-state index in [1.165, 1.54) is 5.57 Å². The number of nitrogens with one attached hydrogen (secondary N) is 1. The molecule has 0 bridgehead atoms. The van der Waals surface area contributed by atoms with Gasteiger partial charge in [0.25, 0.3) is 0 Å². The lowest BCUT2D eigenvalue weighted by Gasteiger charge is -2.72. The molecule has 0 heterocycles. The molecule has 0 spiro atoms. The Hall–Kier alpha value is -3.69. The molecule has 0 saturated heterocycles. The van der Waals surface area contributed by atoms with Crippen LogP contribution < -0.4 is 5.32 Å². The Kier molecular flexibility index (Phi) is 13.1. The molecule has 5 fully saturated rings. The summed E-state index contributed by atoms with van der Waals surface area (Å²) in [6.07, 6.45) is 8.31. The summed E-state index contributed by atoms with van der Waals surface area (Å²) in [7, 11) is 4.05. The first-order valence-electron chi connectivity index (χ1n) is 25.1. The minimum absolute atomic E-state index is 0.0179. The van der Waals surface area contributed by atoms with Crippen molar-refractivity contribution < 1.29 is 28.7 Å². The number of rotatable bonds is 12. The molecule has 5 saturated carbocycles. The molecule has 9 nitrogen and oxygen atoms in total. The normalized spacial score (nSPS) is 35.2. The second-order valence-corrected chi connectivity index (χ2v) is 24.5. The standard InChI is InChI=1S/C56H78ClN3O6/c1-35(2)46-42(61)32-56(58-50(64)60(30-29-59(10)11)33-36-17-19-38(57)20-18-36)28-27-54(8)39(47(46)56)21-22-44-53(7)25-24-45(52(5,6)43(53)23-26-55(44,54)9)66-49(63)41-31-40(51(41,3)4)48(62)65-34-37-15-13-12-14-16-37/h12-20,35,39-41,43-45H,21-34H2,1-11H3,(H,58,64)/t39-,40+,41-,43+,44-,45+,53?,54-,55-,56?/m1/s1. The molecule has 2 aromatic rings. The van der Waals surface area contributed by atoms with Crippen LogP contribution in [-0.4, -0.2) is 72.4 Å². The molecule has 2 unspecified atom stereocenters. The maximum Gasteiger partial charge on any atom is 0.318 e. The minimum Gasteiger partial charge on any atom is -0.462 e. The van der Waals surface area contributed by atoms with Gasteiger partial charge in [0.1, 0.15) is 12.7 Å². The zero-order chi connectivity index (χ0) is 47.8. The predicted molar refractivity (Wildman–Crippen MR) is 260 cm³/mol. The Morgan fingerprint density at radius 1 is 0.758 bits per heavy atom. The van der Waals surface area contributed by atoms with Crippen LogP contribution in [0.25, 0.3) is 0 Å². The van der Waals surface area contributed by atoms with Crippen molar-refractivity contribution in [1.29, 1.82) is 0 Å². The zero-order valence-corrected chi connectivity index (χ0v) is 42.6. The molecule has 8 rings (SSSR count). The number of ether oxygens (including phenoxy) is 2. The summed E-state index contributed by atoms with van der Waals surface area (Å²) < 4.78 is 12.3. The molecular weight excluding hydrogens is 846 g/mol. The summed E-state index contributed by atoms with van der Waals surface area (Å²) >= 11 is 6.24. The number of hydrogen-bond acceptors (Lipinski definition) is 7. The number of fused-ring (bicyclic) bond motifs is 7. The van der Waals surface area contributed by atoms with E-state index in [1.54, 1.807) is 0 Å². The highest BCUT2D eigenvalue weighted by Gasteiger charge is 2.70. The van der Waals surface area contributed by atoms with Crippen molar-refractivity contribution in [3.8, 4) is 0 Å². The summed E-state index contributed by atoms with van der Waals surface area (Å²) in [5, 5.41) is 4.29. The van der Waals surface area contributed by atoms with Crippen LogP contribution in [0.1, 0.15) is 138 Å². The number of ketones is 1. The second-order valence-electron chi connectivity index (χ2n) is 24.1. The Labute approximate surface area is 400 Å². The maximum atomic E-state index is 14.7. The van der Waals surface area contributed by atoms with Crippen molar-refractivity contribution >= 4 is 35.4 Å². The number of hydrogen-bond donors (Lipinski definition) is 1. The molecule has 0 aliphatic heterocycles. The van der Waals surface area contributed by atoms with Crippen LogP contribution in [0.3, 0.4) is 0 Å². The van der Waals surface area contributed by atoms with Crippen LogP contribution in [0, 0.1) is 62.6 Å². The van der Waals surface area contributed by atoms with E-state index in [4.69, 9.17) is 21.1 Å². The minimum atomic E-state index is -0.694. The van der Waals surface area contributed by atoms with E-state index in [1.807, 2.05) is 87.4 Å². The molecule has 2 amide bonds. The number of Topliss-reactive ketones (excluding diaryl/α,β-unsaturated/α-hetero) is 1. The van der Waals surface area contributed by atoms with E-state index < -0.39 is 11.0 Å². The van der Waals surface area contributed by atoms with Gasteiger partial charge in [-0.3, -0.25) is 14.4 Å². The predicted octanol–water partition coefficient (Wildman–Crippen LogP) is 11.5. The average molecular weight is 925 g/mol. The van der Waals surface area contributed by atoms with Gasteiger partial charge in [0.05, 0.1) is 17.4 Å². The van der Waals surface area contributed by atoms with Gasteiger partial charge in [-0.25, -0.2) is 4.79 Å². The molecule has 10 heteroatoms. The summed E-state index contributed by atoms with van der Waals surface area (Å²) in [6.45, 7) is 22.7. The lowest BCUT2D eigenvalue weighted by Crippen LogP contribution is -2.67. The van der Waals surface area contributed by atoms with Gasteiger partial charge in [-0.2, -0.15) is 0 Å². The number of amides is 2. The second kappa shape index (κ2) is 17.7. The number of urea groups is 1. The fraction of sp³-hybridized carbons (Fsp3) is 0.679. The van der Waals surface area contributed by atoms with Gasteiger partial charge in [-0.05, 0) is 152 Å². The lowest BCUT2D eigenvalue weighted by atomic mass is 9.33. The van der Waals surface area contributed by atoms with Crippen LogP contribution in [0.4, 0.5) is 4.79 Å². The van der Waals surface area contributed by atoms with Gasteiger partial charge < -0.3 is 24.6 Å². The monoisotopic (exact) mass is 924 g/mol. The SMILES string of the molecule is CC(C)C1=C2[C@H]3CC[C@@H]4C5(C)CC[C@H](OC(=O)[C@H]6C[C@@H](C(=O)OCc7ccccc7)C6(C)C)C(C)(C)[C@@H]5CC[C@@]4(C)[C@]3(C)CCC2(NC(=O)N(CCN(C)C)Cc2ccc(Cl)cc2)CC1=O. The van der Waals surface area contributed by atoms with E-state index >= 15 is 0 Å². The van der Waals surface area contributed by atoms with Crippen LogP contribution >= 0.6 is 11.6 Å². The molecule has 1 N–H and O–H groups in total. The Morgan fingerprint density at radius 3 is 2.09 bits per heavy atom. The van der Waals surface area contributed by atoms with Gasteiger partial charge >= 0.3 is 18.0 Å². The third-order valence-electron chi connectivity index (χ3n) is 19.4. The third kappa shape index (κ3) is 8.15. The Bertz CT molecular complexity index is 2220. The summed E-state index contributed by atoms with van der Waals surface area (Å²) in [5.74, 6) is 0.196. The fourth-order valence-corrected chi connectivity index (χ4v) is 15.5. The van der Waals surface area contributed by atoms with E-state index in [0.717, 1.165) is 74.6 Å². The maximum absolute atomic E-state index is 14.7. The average Bonchev–Trinajstić information content (AvgIpc) is 3.55. The van der Waals surface area contributed by atoms with E-state index in [2.05, 4.69) is 58.7 Å². The summed E-state index contributed by atoms with van der Waals surface area (Å²) in [4.78, 5) is 60.4. The lowest BCUT2D eigenvalue weighted by molar-refractivity contribution is -0.235. The number of allylic oxidation sites excluding steroid dienone is 1. The smallest absolute Gasteiger partial charge is 0.318 e. The molecule has 2 aromatic carbocycles. The number of carbonyl (C=O) groups is 4. The number of esters is 2. The number of halogens is 1. The topological polar surface area (TPSA) is 105 Å². The number of likely N-dealkylation sites (N-methyl/N-ethyl adjacent to an activating group) is 1. The quantitative estimate of drug-likeness (QED) is 0.211. The number of nitrogens with zero attached hydrogens (tertiary/aromatic N) is 2. The zero-order valence-electron chi connectivity index (χ0n) is 41.9. The molecule has 6 aliphatic carbocycles. The van der Waals surface area contributed by atoms with E-state index in [-0.39, 0.29) is 81.8 Å². The largest absolute Gasteiger partial charge is 0.462 e. The molecule has 10 atom stereocenters. The van der Waals surface area contributed by atoms with Crippen LogP contribution in [0.15, 0.2) is 65.7 Å². The molecule has 66 heavy (non-hydrogen) atoms. The molecule has 6 aliphatic rings. The molecular formula is C56H78ClN3O6. The van der Waals surface area contributed by atoms with Crippen molar-refractivity contribution in [2.24, 2.45) is 62.6 Å². The van der Waals surface area contributed by atoms with Gasteiger partial charge in [0.15, 0.2) is 5.78 Å². The van der Waals surface area contributed by atoms with Gasteiger partial charge in [0.2, 0.25) is 0 Å². The fourth-order valence-electron chi connectivity index (χ4n) is 15.4. The van der Waals surface area contributed by atoms with E-state index in [9.17, 15) is 19.2 Å². The van der Waals surface area contributed by atoms with Gasteiger partial charge in [-0.1, -0.05) is 116 Å². The van der Waals surface area contributed by atoms with Crippen molar-refractivity contribution in [2.75, 3.05) is 27.2 Å². The Balaban J connectivity index is 0.989. The van der Waals surface area contributed by atoms with Crippen molar-refractivity contribution in [3.63, 3.8) is 0 Å². The number of benzene rings is 2. The Morgan fingerprint density at radius 2 is 1.44 bits per heavy atom. The number of carbonyl (C=O) groups excluding carboxylic acids is 4. The van der Waals surface area contributed by atoms with Crippen molar-refractivity contribution in [1.82, 2.24) is 15.1 Å². The third-order valence-corrected chi connectivity index (χ3v) is 19.7. The molecule has 0 aromatic heterocycles. The van der Waals surface area contributed by atoms with Crippen molar-refractivity contribution in [2.45, 2.75) is 151 Å². The van der Waals surface area contributed by atoms with Crippen LogP contribution in [-0.2, 0) is 37.0 Å². The van der Waals surface area contributed by atoms with Gasteiger partial charge in [-0.15, -0.1) is 0 Å². The highest BCUT2D eigenvalue weighted by atomic mass is 35.5. The van der Waals surface area contributed by atoms with Gasteiger partial charge in [0, 0.05) is 36.5 Å². The molecule has 360 valence electrons. The summed E-state index contributed by atoms with van der Waals surface area (Å²) in [6, 6.07) is 17.3. The first-order valence-corrected chi connectivity index (χ1v) is 25.5. The summed E-state index contributed by atoms with van der Waals surface area (Å²) in [5.41, 5.74) is 2.69. The van der Waals surface area contributed by atoms with Crippen LogP contribution in [0.2, 0.25) is 5.02 Å². The van der Waals surface area contributed by atoms with E-state index in [0.29, 0.717) is 42.8 Å². The van der Waals surface area contributed by atoms with Crippen molar-refractivity contribution in [3.05, 3.63) is 81.9 Å².